The number of benzene rings is 2. The molecule has 0 bridgehead atoms. The highest BCUT2D eigenvalue weighted by molar-refractivity contribution is 6.06. The second-order valence-electron chi connectivity index (χ2n) is 5.14. The fourth-order valence-corrected chi connectivity index (χ4v) is 2.19. The fourth-order valence-electron chi connectivity index (χ4n) is 2.19. The first kappa shape index (κ1) is 15.8. The first-order chi connectivity index (χ1) is 10.4. The van der Waals surface area contributed by atoms with Crippen LogP contribution in [0.1, 0.15) is 24.2 Å². The normalized spacial score (nSPS) is 10.6. The van der Waals surface area contributed by atoms with E-state index in [9.17, 15) is 14.3 Å². The number of halogens is 1. The van der Waals surface area contributed by atoms with E-state index in [1.54, 1.807) is 36.3 Å². The van der Waals surface area contributed by atoms with Gasteiger partial charge in [0.1, 0.15) is 5.75 Å². The van der Waals surface area contributed by atoms with Gasteiger partial charge in [0.2, 0.25) is 0 Å². The third-order valence-corrected chi connectivity index (χ3v) is 3.26. The highest BCUT2D eigenvalue weighted by Gasteiger charge is 2.22. The predicted octanol–water partition coefficient (Wildman–Crippen LogP) is 3.60. The maximum Gasteiger partial charge on any atom is 0.258 e. The molecule has 2 aromatic carbocycles. The maximum atomic E-state index is 13.5. The number of amides is 1. The quantitative estimate of drug-likeness (QED) is 0.939. The number of phenols is 1. The molecule has 22 heavy (non-hydrogen) atoms. The largest absolute Gasteiger partial charge is 0.505 e. The summed E-state index contributed by atoms with van der Waals surface area (Å²) in [6, 6.07) is 10.6. The molecule has 0 aliphatic rings. The zero-order valence-electron chi connectivity index (χ0n) is 12.7. The van der Waals surface area contributed by atoms with Gasteiger partial charge in [0, 0.05) is 23.4 Å². The molecule has 0 fully saturated rings. The van der Waals surface area contributed by atoms with E-state index in [-0.39, 0.29) is 17.5 Å². The Balaban J connectivity index is 2.42. The monoisotopic (exact) mass is 303 g/mol. The Morgan fingerprint density at radius 2 is 1.95 bits per heavy atom. The number of rotatable bonds is 4. The number of anilines is 1. The van der Waals surface area contributed by atoms with E-state index in [2.05, 4.69) is 0 Å². The highest BCUT2D eigenvalue weighted by Crippen LogP contribution is 2.26. The van der Waals surface area contributed by atoms with Crippen molar-refractivity contribution in [2.75, 3.05) is 12.0 Å². The summed E-state index contributed by atoms with van der Waals surface area (Å²) in [5.41, 5.74) is 0.833. The van der Waals surface area contributed by atoms with Gasteiger partial charge in [-0.05, 0) is 44.2 Å². The van der Waals surface area contributed by atoms with E-state index in [0.717, 1.165) is 6.07 Å². The Labute approximate surface area is 128 Å². The third kappa shape index (κ3) is 3.19. The molecule has 2 rings (SSSR count). The summed E-state index contributed by atoms with van der Waals surface area (Å²) in [6.45, 7) is 3.74. The molecule has 0 heterocycles. The van der Waals surface area contributed by atoms with Crippen LogP contribution in [0.25, 0.3) is 0 Å². The van der Waals surface area contributed by atoms with E-state index in [1.807, 2.05) is 13.8 Å². The zero-order chi connectivity index (χ0) is 16.3. The van der Waals surface area contributed by atoms with Crippen LogP contribution in [0.15, 0.2) is 42.5 Å². The number of phenolic OH excluding ortho intramolecular Hbond substituents is 1. The standard InChI is InChI=1S/C17H18FNO3/c1-11(2)19(13-5-4-6-14(10-13)22-3)17(21)12-7-8-16(20)15(18)9-12/h4-11,20H,1-3H3. The van der Waals surface area contributed by atoms with Crippen LogP contribution in [0.3, 0.4) is 0 Å². The average molecular weight is 303 g/mol. The fraction of sp³-hybridized carbons (Fsp3) is 0.235. The summed E-state index contributed by atoms with van der Waals surface area (Å²) >= 11 is 0. The Morgan fingerprint density at radius 1 is 1.23 bits per heavy atom. The highest BCUT2D eigenvalue weighted by atomic mass is 19.1. The average Bonchev–Trinajstić information content (AvgIpc) is 2.50. The van der Waals surface area contributed by atoms with Gasteiger partial charge in [0.25, 0.3) is 5.91 Å². The predicted molar refractivity (Wildman–Crippen MR) is 83.0 cm³/mol. The topological polar surface area (TPSA) is 49.8 Å². The number of hydrogen-bond acceptors (Lipinski definition) is 3. The number of hydrogen-bond donors (Lipinski definition) is 1. The minimum atomic E-state index is -0.819. The molecule has 1 amide bonds. The summed E-state index contributed by atoms with van der Waals surface area (Å²) in [5.74, 6) is -1.01. The van der Waals surface area contributed by atoms with Crippen molar-refractivity contribution in [2.45, 2.75) is 19.9 Å². The summed E-state index contributed by atoms with van der Waals surface area (Å²) in [5, 5.41) is 9.24. The molecule has 1 N–H and O–H groups in total. The summed E-state index contributed by atoms with van der Waals surface area (Å²) in [4.78, 5) is 14.2. The van der Waals surface area contributed by atoms with Crippen molar-refractivity contribution in [3.63, 3.8) is 0 Å². The minimum absolute atomic E-state index is 0.128. The van der Waals surface area contributed by atoms with Crippen LogP contribution in [0.5, 0.6) is 11.5 Å². The summed E-state index contributed by atoms with van der Waals surface area (Å²) in [7, 11) is 1.55. The molecular weight excluding hydrogens is 285 g/mol. The van der Waals surface area contributed by atoms with Gasteiger partial charge in [0.05, 0.1) is 7.11 Å². The third-order valence-electron chi connectivity index (χ3n) is 3.26. The van der Waals surface area contributed by atoms with Crippen LogP contribution >= 0.6 is 0 Å². The van der Waals surface area contributed by atoms with Gasteiger partial charge in [-0.3, -0.25) is 4.79 Å². The van der Waals surface area contributed by atoms with E-state index in [0.29, 0.717) is 11.4 Å². The number of carbonyl (C=O) groups excluding carboxylic acids is 1. The van der Waals surface area contributed by atoms with Gasteiger partial charge >= 0.3 is 0 Å². The van der Waals surface area contributed by atoms with E-state index < -0.39 is 11.6 Å². The molecule has 0 saturated heterocycles. The number of methoxy groups -OCH3 is 1. The van der Waals surface area contributed by atoms with E-state index in [4.69, 9.17) is 4.74 Å². The maximum absolute atomic E-state index is 13.5. The van der Waals surface area contributed by atoms with Crippen molar-refractivity contribution >= 4 is 11.6 Å². The number of carbonyl (C=O) groups is 1. The molecule has 0 aromatic heterocycles. The van der Waals surface area contributed by atoms with Crippen molar-refractivity contribution < 1.29 is 19.0 Å². The summed E-state index contributed by atoms with van der Waals surface area (Å²) < 4.78 is 18.7. The molecule has 2 aromatic rings. The van der Waals surface area contributed by atoms with Crippen LogP contribution in [0.2, 0.25) is 0 Å². The van der Waals surface area contributed by atoms with Gasteiger partial charge in [-0.25, -0.2) is 4.39 Å². The van der Waals surface area contributed by atoms with Crippen molar-refractivity contribution in [3.05, 3.63) is 53.8 Å². The molecule has 0 atom stereocenters. The van der Waals surface area contributed by atoms with Gasteiger partial charge in [0.15, 0.2) is 11.6 Å². The van der Waals surface area contributed by atoms with Crippen molar-refractivity contribution in [1.29, 1.82) is 0 Å². The Morgan fingerprint density at radius 3 is 2.55 bits per heavy atom. The molecule has 0 aliphatic heterocycles. The molecule has 116 valence electrons. The first-order valence-electron chi connectivity index (χ1n) is 6.90. The minimum Gasteiger partial charge on any atom is -0.505 e. The molecule has 0 aliphatic carbocycles. The van der Waals surface area contributed by atoms with Gasteiger partial charge in [-0.15, -0.1) is 0 Å². The molecule has 0 spiro atoms. The Hall–Kier alpha value is -2.56. The Kier molecular flexibility index (Phi) is 4.65. The first-order valence-corrected chi connectivity index (χ1v) is 6.90. The van der Waals surface area contributed by atoms with E-state index in [1.165, 1.54) is 12.1 Å². The van der Waals surface area contributed by atoms with Crippen molar-refractivity contribution in [2.24, 2.45) is 0 Å². The molecule has 0 radical (unpaired) electrons. The van der Waals surface area contributed by atoms with Gasteiger partial charge in [-0.2, -0.15) is 0 Å². The number of nitrogens with zero attached hydrogens (tertiary/aromatic N) is 1. The van der Waals surface area contributed by atoms with E-state index >= 15 is 0 Å². The van der Waals surface area contributed by atoms with Crippen LogP contribution in [0, 0.1) is 5.82 Å². The lowest BCUT2D eigenvalue weighted by molar-refractivity contribution is 0.0980. The van der Waals surface area contributed by atoms with Crippen LogP contribution in [-0.4, -0.2) is 24.2 Å². The van der Waals surface area contributed by atoms with Gasteiger partial charge in [-0.1, -0.05) is 6.07 Å². The lowest BCUT2D eigenvalue weighted by Gasteiger charge is -2.27. The van der Waals surface area contributed by atoms with Crippen molar-refractivity contribution in [3.8, 4) is 11.5 Å². The zero-order valence-corrected chi connectivity index (χ0v) is 12.7. The van der Waals surface area contributed by atoms with Crippen molar-refractivity contribution in [1.82, 2.24) is 0 Å². The lowest BCUT2D eigenvalue weighted by atomic mass is 10.1. The SMILES string of the molecule is COc1cccc(N(C(=O)c2ccc(O)c(F)c2)C(C)C)c1. The van der Waals surface area contributed by atoms with Crippen LogP contribution in [-0.2, 0) is 0 Å². The summed E-state index contributed by atoms with van der Waals surface area (Å²) in [6.07, 6.45) is 0. The second kappa shape index (κ2) is 6.47. The smallest absolute Gasteiger partial charge is 0.258 e. The van der Waals surface area contributed by atoms with Crippen LogP contribution < -0.4 is 9.64 Å². The molecule has 4 nitrogen and oxygen atoms in total. The molecule has 5 heteroatoms. The second-order valence-corrected chi connectivity index (χ2v) is 5.14. The number of aromatic hydroxyl groups is 1. The molecule has 0 saturated carbocycles. The molecule has 0 unspecified atom stereocenters. The Bertz CT molecular complexity index is 685. The number of ether oxygens (including phenoxy) is 1. The molecular formula is C17H18FNO3. The lowest BCUT2D eigenvalue weighted by Crippen LogP contribution is -2.37. The van der Waals surface area contributed by atoms with Gasteiger partial charge < -0.3 is 14.7 Å². The van der Waals surface area contributed by atoms with Crippen LogP contribution in [0.4, 0.5) is 10.1 Å².